The molecule has 9 heteroatoms. The molecule has 146 valence electrons. The molecule has 2 aromatic heterocycles. The van der Waals surface area contributed by atoms with Crippen LogP contribution in [-0.4, -0.2) is 25.1 Å². The minimum absolute atomic E-state index is 0.115. The van der Waals surface area contributed by atoms with E-state index in [9.17, 15) is 0 Å². The van der Waals surface area contributed by atoms with Crippen molar-refractivity contribution < 1.29 is 9.26 Å². The van der Waals surface area contributed by atoms with E-state index >= 15 is 0 Å². The SMILES string of the molecule is Clc1ccc([C@@H]2Cn3nnc(-c4noc(Cc5ccccc5Cl)n4)c3CO2)cc1. The normalized spacial score (nSPS) is 16.0. The average molecular weight is 428 g/mol. The third-order valence-corrected chi connectivity index (χ3v) is 5.44. The summed E-state index contributed by atoms with van der Waals surface area (Å²) in [4.78, 5) is 4.46. The maximum absolute atomic E-state index is 6.21. The molecule has 0 saturated carbocycles. The molecule has 3 heterocycles. The summed E-state index contributed by atoms with van der Waals surface area (Å²) in [7, 11) is 0. The standard InChI is InChI=1S/C20H15Cl2N5O2/c21-14-7-5-12(6-8-14)17-10-27-16(11-28-17)19(24-26-27)20-23-18(29-25-20)9-13-3-1-2-4-15(13)22/h1-8,17H,9-11H2/t17-/m0/s1. The number of halogens is 2. The molecule has 5 rings (SSSR count). The molecular formula is C20H15Cl2N5O2. The van der Waals surface area contributed by atoms with Gasteiger partial charge in [-0.2, -0.15) is 4.98 Å². The topological polar surface area (TPSA) is 78.9 Å². The van der Waals surface area contributed by atoms with Gasteiger partial charge in [-0.1, -0.05) is 63.9 Å². The molecule has 0 unspecified atom stereocenters. The summed E-state index contributed by atoms with van der Waals surface area (Å²) in [5.41, 5.74) is 3.34. The van der Waals surface area contributed by atoms with Crippen molar-refractivity contribution in [2.75, 3.05) is 0 Å². The Balaban J connectivity index is 1.36. The van der Waals surface area contributed by atoms with Gasteiger partial charge in [0.15, 0.2) is 5.69 Å². The molecule has 0 amide bonds. The van der Waals surface area contributed by atoms with E-state index in [1.165, 1.54) is 0 Å². The third kappa shape index (κ3) is 3.64. The Hall–Kier alpha value is -2.74. The molecule has 0 spiro atoms. The van der Waals surface area contributed by atoms with Crippen LogP contribution in [-0.2, 0) is 24.3 Å². The minimum atomic E-state index is -0.115. The van der Waals surface area contributed by atoms with Crippen LogP contribution in [0.3, 0.4) is 0 Å². The van der Waals surface area contributed by atoms with Gasteiger partial charge in [0, 0.05) is 10.0 Å². The van der Waals surface area contributed by atoms with E-state index in [1.54, 1.807) is 0 Å². The predicted molar refractivity (Wildman–Crippen MR) is 107 cm³/mol. The Bertz CT molecular complexity index is 1160. The number of rotatable bonds is 4. The summed E-state index contributed by atoms with van der Waals surface area (Å²) in [6.45, 7) is 0.901. The van der Waals surface area contributed by atoms with Crippen LogP contribution in [0.5, 0.6) is 0 Å². The third-order valence-electron chi connectivity index (χ3n) is 4.82. The second-order valence-corrected chi connectivity index (χ2v) is 7.54. The number of hydrogen-bond acceptors (Lipinski definition) is 6. The van der Waals surface area contributed by atoms with Gasteiger partial charge in [-0.25, -0.2) is 4.68 Å². The molecule has 0 bridgehead atoms. The van der Waals surface area contributed by atoms with E-state index < -0.39 is 0 Å². The zero-order valence-electron chi connectivity index (χ0n) is 15.1. The number of nitrogens with zero attached hydrogens (tertiary/aromatic N) is 5. The Morgan fingerprint density at radius 3 is 2.72 bits per heavy atom. The Kier molecular flexibility index (Phi) is 4.79. The van der Waals surface area contributed by atoms with Crippen molar-refractivity contribution in [3.63, 3.8) is 0 Å². The fraction of sp³-hybridized carbons (Fsp3) is 0.200. The van der Waals surface area contributed by atoms with E-state index in [2.05, 4.69) is 20.5 Å². The molecule has 29 heavy (non-hydrogen) atoms. The first kappa shape index (κ1) is 18.3. The monoisotopic (exact) mass is 427 g/mol. The minimum Gasteiger partial charge on any atom is -0.365 e. The first-order valence-electron chi connectivity index (χ1n) is 9.03. The van der Waals surface area contributed by atoms with Crippen molar-refractivity contribution in [1.29, 1.82) is 0 Å². The summed E-state index contributed by atoms with van der Waals surface area (Å²) in [6, 6.07) is 15.2. The zero-order valence-corrected chi connectivity index (χ0v) is 16.6. The molecule has 0 N–H and O–H groups in total. The lowest BCUT2D eigenvalue weighted by Gasteiger charge is -2.24. The first-order chi connectivity index (χ1) is 14.2. The van der Waals surface area contributed by atoms with E-state index in [1.807, 2.05) is 53.2 Å². The molecule has 0 aliphatic carbocycles. The van der Waals surface area contributed by atoms with Gasteiger partial charge < -0.3 is 9.26 Å². The van der Waals surface area contributed by atoms with E-state index in [0.717, 1.165) is 16.8 Å². The Labute approximate surface area is 176 Å². The van der Waals surface area contributed by atoms with Crippen molar-refractivity contribution in [2.45, 2.75) is 25.7 Å². The van der Waals surface area contributed by atoms with Gasteiger partial charge in [0.1, 0.15) is 6.10 Å². The first-order valence-corrected chi connectivity index (χ1v) is 9.79. The Morgan fingerprint density at radius 2 is 1.90 bits per heavy atom. The summed E-state index contributed by atoms with van der Waals surface area (Å²) in [6.07, 6.45) is 0.334. The highest BCUT2D eigenvalue weighted by Gasteiger charge is 2.27. The van der Waals surface area contributed by atoms with Crippen molar-refractivity contribution in [3.05, 3.63) is 81.3 Å². The number of hydrogen-bond donors (Lipinski definition) is 0. The van der Waals surface area contributed by atoms with Gasteiger partial charge in [0.2, 0.25) is 11.7 Å². The maximum atomic E-state index is 6.21. The quantitative estimate of drug-likeness (QED) is 0.477. The largest absolute Gasteiger partial charge is 0.365 e. The van der Waals surface area contributed by atoms with Crippen molar-refractivity contribution in [1.82, 2.24) is 25.1 Å². The van der Waals surface area contributed by atoms with Gasteiger partial charge in [-0.15, -0.1) is 5.10 Å². The van der Waals surface area contributed by atoms with Crippen LogP contribution >= 0.6 is 23.2 Å². The lowest BCUT2D eigenvalue weighted by molar-refractivity contribution is -0.00111. The van der Waals surface area contributed by atoms with Crippen LogP contribution in [0, 0.1) is 0 Å². The van der Waals surface area contributed by atoms with E-state index in [0.29, 0.717) is 47.0 Å². The molecular weight excluding hydrogens is 413 g/mol. The van der Waals surface area contributed by atoms with Crippen LogP contribution in [0.25, 0.3) is 11.5 Å². The van der Waals surface area contributed by atoms with Crippen LogP contribution in [0.2, 0.25) is 10.0 Å². The highest BCUT2D eigenvalue weighted by Crippen LogP contribution is 2.30. The second-order valence-electron chi connectivity index (χ2n) is 6.70. The lowest BCUT2D eigenvalue weighted by Crippen LogP contribution is -2.22. The summed E-state index contributed by atoms with van der Waals surface area (Å²) in [5.74, 6) is 0.854. The smallest absolute Gasteiger partial charge is 0.231 e. The summed E-state index contributed by atoms with van der Waals surface area (Å²) in [5, 5.41) is 13.9. The second kappa shape index (κ2) is 7.59. The number of fused-ring (bicyclic) bond motifs is 1. The van der Waals surface area contributed by atoms with Gasteiger partial charge in [-0.3, -0.25) is 0 Å². The average Bonchev–Trinajstić information content (AvgIpc) is 3.36. The Morgan fingerprint density at radius 1 is 1.07 bits per heavy atom. The van der Waals surface area contributed by atoms with Gasteiger partial charge in [0.05, 0.1) is 25.3 Å². The molecule has 1 aliphatic rings. The number of ether oxygens (including phenoxy) is 1. The molecule has 0 saturated heterocycles. The van der Waals surface area contributed by atoms with E-state index in [-0.39, 0.29) is 6.10 Å². The van der Waals surface area contributed by atoms with E-state index in [4.69, 9.17) is 32.5 Å². The summed E-state index contributed by atoms with van der Waals surface area (Å²) >= 11 is 12.2. The number of benzene rings is 2. The highest BCUT2D eigenvalue weighted by atomic mass is 35.5. The molecule has 0 radical (unpaired) electrons. The van der Waals surface area contributed by atoms with Crippen LogP contribution in [0.1, 0.15) is 28.8 Å². The van der Waals surface area contributed by atoms with Crippen molar-refractivity contribution in [2.24, 2.45) is 0 Å². The van der Waals surface area contributed by atoms with Gasteiger partial charge in [-0.05, 0) is 29.3 Å². The fourth-order valence-electron chi connectivity index (χ4n) is 3.29. The molecule has 1 aliphatic heterocycles. The van der Waals surface area contributed by atoms with Crippen LogP contribution < -0.4 is 0 Å². The van der Waals surface area contributed by atoms with Crippen LogP contribution in [0.15, 0.2) is 53.1 Å². The van der Waals surface area contributed by atoms with Gasteiger partial charge >= 0.3 is 0 Å². The fourth-order valence-corrected chi connectivity index (χ4v) is 3.62. The lowest BCUT2D eigenvalue weighted by atomic mass is 10.1. The predicted octanol–water partition coefficient (Wildman–Crippen LogP) is 4.50. The molecule has 0 fully saturated rings. The molecule has 2 aromatic carbocycles. The molecule has 1 atom stereocenters. The zero-order chi connectivity index (χ0) is 19.8. The summed E-state index contributed by atoms with van der Waals surface area (Å²) < 4.78 is 13.2. The maximum Gasteiger partial charge on any atom is 0.231 e. The van der Waals surface area contributed by atoms with Crippen molar-refractivity contribution >= 4 is 23.2 Å². The molecule has 7 nitrogen and oxygen atoms in total. The highest BCUT2D eigenvalue weighted by molar-refractivity contribution is 6.31. The van der Waals surface area contributed by atoms with Crippen molar-refractivity contribution in [3.8, 4) is 11.5 Å². The van der Waals surface area contributed by atoms with Crippen LogP contribution in [0.4, 0.5) is 0 Å². The molecule has 4 aromatic rings. The van der Waals surface area contributed by atoms with Gasteiger partial charge in [0.25, 0.3) is 0 Å². The number of aromatic nitrogens is 5.